The Kier molecular flexibility index (Phi) is 20.1. The molecule has 1 aromatic heterocycles. The van der Waals surface area contributed by atoms with Gasteiger partial charge in [0.25, 0.3) is 5.97 Å². The number of hydrogen-bond donors (Lipinski definition) is 3. The van der Waals surface area contributed by atoms with Crippen LogP contribution in [0.5, 0.6) is 0 Å². The van der Waals surface area contributed by atoms with Gasteiger partial charge in [0.1, 0.15) is 27.4 Å². The second kappa shape index (κ2) is 25.9. The molecule has 0 aliphatic carbocycles. The summed E-state index contributed by atoms with van der Waals surface area (Å²) in [6, 6.07) is 65.4. The van der Waals surface area contributed by atoms with Crippen LogP contribution in [0.4, 0.5) is 0 Å². The van der Waals surface area contributed by atoms with Gasteiger partial charge in [-0.3, -0.25) is 15.3 Å². The molecule has 8 aromatic rings. The molecule has 0 spiro atoms. The molecule has 10 nitrogen and oxygen atoms in total. The summed E-state index contributed by atoms with van der Waals surface area (Å²) in [5, 5.41) is 23.7. The molecule has 0 amide bonds. The van der Waals surface area contributed by atoms with Crippen LogP contribution in [0, 0.1) is 19.9 Å². The van der Waals surface area contributed by atoms with Gasteiger partial charge in [0.05, 0.1) is 33.6 Å². The standard InChI is InChI=1S/C36H29O6S2.C18H15P.C2H4O2.H2O2.Pd/c1-25-13-19-31(20-14-25)43(37,38)33-23-29(41-35(33)27-9-5-3-6-10-27)17-18-30-24-34(36(42-30)28-11-7-4-8-12-28)44(39,40)32-21-15-26(2)16-22-32;1-4-10-16(11-5-1)19(17-12-6-2-7-13-17)18-14-8-3-9-15-18;1-2(3)4;1-2;/h3-17,19-23,30H,24H2,1-2H3;1-15H;1H3,(H,3,4);1-2H;/q-1;;;;/p+1. The van der Waals surface area contributed by atoms with Gasteiger partial charge in [0.2, 0.25) is 19.7 Å². The van der Waals surface area contributed by atoms with Crippen molar-refractivity contribution in [3.8, 4) is 11.3 Å². The number of furan rings is 1. The molecule has 0 saturated heterocycles. The van der Waals surface area contributed by atoms with Crippen molar-refractivity contribution in [1.82, 2.24) is 0 Å². The van der Waals surface area contributed by atoms with E-state index in [4.69, 9.17) is 29.6 Å². The van der Waals surface area contributed by atoms with Gasteiger partial charge in [-0.2, -0.15) is 6.08 Å². The Morgan fingerprint density at radius 1 is 0.586 bits per heavy atom. The third-order valence-electron chi connectivity index (χ3n) is 10.5. The fraction of sp³-hybridized carbons (Fsp3) is 0.0893. The van der Waals surface area contributed by atoms with Crippen molar-refractivity contribution in [2.24, 2.45) is 0 Å². The normalized spacial score (nSPS) is 13.1. The maximum Gasteiger partial charge on any atom is 0.300 e. The number of rotatable bonds is 11. The fourth-order valence-corrected chi connectivity index (χ4v) is 12.9. The minimum Gasteiger partial charge on any atom is -0.544 e. The van der Waals surface area contributed by atoms with Gasteiger partial charge >= 0.3 is 0 Å². The molecule has 1 atom stereocenters. The van der Waals surface area contributed by atoms with E-state index in [0.717, 1.165) is 18.1 Å². The number of aryl methyl sites for hydroxylation is 2. The van der Waals surface area contributed by atoms with Gasteiger partial charge in [-0.05, 0) is 80.3 Å². The predicted molar refractivity (Wildman–Crippen MR) is 275 cm³/mol. The Morgan fingerprint density at radius 2 is 0.957 bits per heavy atom. The van der Waals surface area contributed by atoms with Gasteiger partial charge in [0, 0.05) is 44.9 Å². The molecule has 0 fully saturated rings. The van der Waals surface area contributed by atoms with Crippen LogP contribution < -0.4 is 15.9 Å². The van der Waals surface area contributed by atoms with Crippen molar-refractivity contribution in [2.75, 3.05) is 0 Å². The number of ether oxygens (including phenoxy) is 1. The molecule has 0 bridgehead atoms. The molecule has 9 rings (SSSR count). The predicted octanol–water partition coefficient (Wildman–Crippen LogP) is 11.1. The Morgan fingerprint density at radius 3 is 1.37 bits per heavy atom. The van der Waals surface area contributed by atoms with Gasteiger partial charge in [-0.15, -0.1) is 0 Å². The Balaban J connectivity index is 0.000000291. The third-order valence-corrected chi connectivity index (χ3v) is 16.9. The average Bonchev–Trinajstić information content (AvgIpc) is 4.03. The molecular formula is C56H51O10PPdS2. The summed E-state index contributed by atoms with van der Waals surface area (Å²) in [7, 11) is -8.66. The summed E-state index contributed by atoms with van der Waals surface area (Å²) >= 11 is 0. The first-order valence-corrected chi connectivity index (χ1v) is 26.1. The molecule has 362 valence electrons. The summed E-state index contributed by atoms with van der Waals surface area (Å²) < 4.78 is 67.3. The molecule has 3 N–H and O–H groups in total. The van der Waals surface area contributed by atoms with E-state index in [2.05, 4.69) is 97.1 Å². The van der Waals surface area contributed by atoms with Crippen LogP contribution in [0.15, 0.2) is 230 Å². The van der Waals surface area contributed by atoms with Gasteiger partial charge in [-0.1, -0.05) is 157 Å². The van der Waals surface area contributed by atoms with E-state index >= 15 is 0 Å². The van der Waals surface area contributed by atoms with E-state index < -0.39 is 39.7 Å². The van der Waals surface area contributed by atoms with Gasteiger partial charge in [-0.25, -0.2) is 22.9 Å². The molecule has 0 saturated carbocycles. The van der Waals surface area contributed by atoms with Crippen molar-refractivity contribution in [3.63, 3.8) is 0 Å². The number of sulfone groups is 2. The maximum atomic E-state index is 13.8. The third kappa shape index (κ3) is 14.1. The summed E-state index contributed by atoms with van der Waals surface area (Å²) in [5.74, 6) is -0.115. The minimum atomic E-state index is -3.92. The first kappa shape index (κ1) is 54.4. The number of carboxylic acids is 1. The SMILES string of the molecule is CC(=O)O.Cc1ccc(S(=O)(=O)C2=C(c3ccccc3)OC([C-]=Cc3cc(S(=O)(=O)c4ccc(C)cc4)c(-c4ccccc4)o3)C2)cc1.OO.[Pd].c1ccc([PH+](c2ccccc2)c2ccccc2)cc1. The summed E-state index contributed by atoms with van der Waals surface area (Å²) in [6.45, 7) is 4.87. The minimum absolute atomic E-state index is 0. The van der Waals surface area contributed by atoms with Crippen molar-refractivity contribution >= 4 is 61.3 Å². The quantitative estimate of drug-likeness (QED) is 0.0373. The van der Waals surface area contributed by atoms with E-state index in [1.807, 2.05) is 38.1 Å². The van der Waals surface area contributed by atoms with Crippen LogP contribution >= 0.6 is 7.92 Å². The van der Waals surface area contributed by atoms with Crippen molar-refractivity contribution in [1.29, 1.82) is 0 Å². The van der Waals surface area contributed by atoms with Crippen molar-refractivity contribution in [3.05, 3.63) is 240 Å². The van der Waals surface area contributed by atoms with Gasteiger partial charge in [0.15, 0.2) is 0 Å². The number of benzene rings is 7. The first-order chi connectivity index (χ1) is 33.3. The molecule has 2 heterocycles. The molecule has 7 aromatic carbocycles. The molecular weight excluding hydrogens is 1030 g/mol. The summed E-state index contributed by atoms with van der Waals surface area (Å²) in [4.78, 5) is 9.52. The average molecular weight is 1090 g/mol. The van der Waals surface area contributed by atoms with E-state index in [0.29, 0.717) is 11.1 Å². The monoisotopic (exact) mass is 1080 g/mol. The Bertz CT molecular complexity index is 3090. The molecule has 0 radical (unpaired) electrons. The second-order valence-electron chi connectivity index (χ2n) is 15.6. The number of aliphatic carboxylic acids is 1. The smallest absolute Gasteiger partial charge is 0.300 e. The zero-order chi connectivity index (χ0) is 49.4. The van der Waals surface area contributed by atoms with E-state index in [1.54, 1.807) is 84.9 Å². The van der Waals surface area contributed by atoms with Crippen LogP contribution in [0.3, 0.4) is 0 Å². The van der Waals surface area contributed by atoms with Crippen molar-refractivity contribution < 1.29 is 66.8 Å². The number of carboxylic acid groups (broad SMARTS) is 1. The van der Waals surface area contributed by atoms with Crippen molar-refractivity contribution in [2.45, 2.75) is 48.0 Å². The van der Waals surface area contributed by atoms with Gasteiger partial charge < -0.3 is 14.3 Å². The van der Waals surface area contributed by atoms with E-state index in [-0.39, 0.29) is 63.7 Å². The first-order valence-electron chi connectivity index (χ1n) is 21.6. The summed E-state index contributed by atoms with van der Waals surface area (Å²) in [6.07, 6.45) is 3.92. The van der Waals surface area contributed by atoms with Crippen LogP contribution in [0.2, 0.25) is 0 Å². The molecule has 1 unspecified atom stereocenters. The van der Waals surface area contributed by atoms with Crippen LogP contribution in [0.25, 0.3) is 23.2 Å². The fourth-order valence-electron chi connectivity index (χ4n) is 7.30. The van der Waals surface area contributed by atoms with Crippen LogP contribution in [-0.4, -0.2) is 44.5 Å². The van der Waals surface area contributed by atoms with Crippen LogP contribution in [-0.2, 0) is 49.6 Å². The molecule has 1 aliphatic rings. The molecule has 1 aliphatic heterocycles. The Hall–Kier alpha value is -6.52. The zero-order valence-electron chi connectivity index (χ0n) is 38.3. The van der Waals surface area contributed by atoms with E-state index in [9.17, 15) is 16.8 Å². The van der Waals surface area contributed by atoms with Crippen LogP contribution in [0.1, 0.15) is 35.8 Å². The zero-order valence-corrected chi connectivity index (χ0v) is 42.5. The second-order valence-corrected chi connectivity index (χ2v) is 21.9. The Labute approximate surface area is 424 Å². The molecule has 70 heavy (non-hydrogen) atoms. The number of carbonyl (C=O) groups is 1. The molecule has 14 heteroatoms. The largest absolute Gasteiger partial charge is 0.544 e. The maximum absolute atomic E-state index is 13.8. The van der Waals surface area contributed by atoms with E-state index in [1.165, 1.54) is 28.1 Å². The summed E-state index contributed by atoms with van der Waals surface area (Å²) in [5.41, 5.74) is 3.14. The number of hydrogen-bond acceptors (Lipinski definition) is 9. The topological polar surface area (TPSA) is 168 Å².